The Hall–Kier alpha value is -2.53. The maximum absolute atomic E-state index is 12.9. The number of nitrogens with zero attached hydrogens (tertiary/aromatic N) is 1. The SMILES string of the molecule is CC1CCN(c2ccc(NC(=O)[C@@H](Cl)c3ccccc3)cc2C(=O)NC(C)C)CC1. The molecule has 0 aromatic heterocycles. The Morgan fingerprint density at radius 3 is 2.37 bits per heavy atom. The minimum absolute atomic E-state index is 0.0234. The van der Waals surface area contributed by atoms with Gasteiger partial charge >= 0.3 is 0 Å². The van der Waals surface area contributed by atoms with Crippen LogP contribution in [0.25, 0.3) is 0 Å². The number of anilines is 2. The molecule has 1 heterocycles. The van der Waals surface area contributed by atoms with Gasteiger partial charge in [-0.05, 0) is 56.4 Å². The molecule has 0 unspecified atom stereocenters. The lowest BCUT2D eigenvalue weighted by Crippen LogP contribution is -2.36. The summed E-state index contributed by atoms with van der Waals surface area (Å²) < 4.78 is 0. The Labute approximate surface area is 183 Å². The fraction of sp³-hybridized carbons (Fsp3) is 0.417. The quantitative estimate of drug-likeness (QED) is 0.639. The van der Waals surface area contributed by atoms with E-state index in [1.54, 1.807) is 6.07 Å². The summed E-state index contributed by atoms with van der Waals surface area (Å²) in [5.41, 5.74) is 2.77. The van der Waals surface area contributed by atoms with Gasteiger partial charge in [0.1, 0.15) is 5.38 Å². The van der Waals surface area contributed by atoms with Crippen LogP contribution in [0, 0.1) is 5.92 Å². The highest BCUT2D eigenvalue weighted by molar-refractivity contribution is 6.32. The van der Waals surface area contributed by atoms with E-state index in [1.807, 2.05) is 56.3 Å². The maximum Gasteiger partial charge on any atom is 0.253 e. The summed E-state index contributed by atoms with van der Waals surface area (Å²) in [4.78, 5) is 27.8. The molecule has 0 bridgehead atoms. The molecule has 3 rings (SSSR count). The number of halogens is 1. The van der Waals surface area contributed by atoms with E-state index >= 15 is 0 Å². The Morgan fingerprint density at radius 1 is 1.07 bits per heavy atom. The van der Waals surface area contributed by atoms with Crippen molar-refractivity contribution in [1.82, 2.24) is 5.32 Å². The van der Waals surface area contributed by atoms with Crippen molar-refractivity contribution < 1.29 is 9.59 Å². The van der Waals surface area contributed by atoms with Gasteiger partial charge in [0.05, 0.1) is 5.56 Å². The minimum atomic E-state index is -0.803. The number of nitrogens with one attached hydrogen (secondary N) is 2. The van der Waals surface area contributed by atoms with Crippen molar-refractivity contribution in [2.45, 2.75) is 45.0 Å². The van der Waals surface area contributed by atoms with Crippen molar-refractivity contribution in [1.29, 1.82) is 0 Å². The summed E-state index contributed by atoms with van der Waals surface area (Å²) in [7, 11) is 0. The van der Waals surface area contributed by atoms with E-state index in [2.05, 4.69) is 22.5 Å². The van der Waals surface area contributed by atoms with Gasteiger partial charge in [-0.1, -0.05) is 37.3 Å². The molecule has 1 aliphatic rings. The fourth-order valence-electron chi connectivity index (χ4n) is 3.64. The van der Waals surface area contributed by atoms with Gasteiger partial charge in [-0.3, -0.25) is 9.59 Å². The van der Waals surface area contributed by atoms with Crippen LogP contribution in [-0.4, -0.2) is 30.9 Å². The second-order valence-electron chi connectivity index (χ2n) is 8.29. The molecule has 1 fully saturated rings. The first kappa shape index (κ1) is 22.2. The minimum Gasteiger partial charge on any atom is -0.371 e. The lowest BCUT2D eigenvalue weighted by Gasteiger charge is -2.33. The predicted molar refractivity (Wildman–Crippen MR) is 123 cm³/mol. The van der Waals surface area contributed by atoms with Crippen molar-refractivity contribution in [3.63, 3.8) is 0 Å². The van der Waals surface area contributed by atoms with Crippen LogP contribution in [-0.2, 0) is 4.79 Å². The summed E-state index contributed by atoms with van der Waals surface area (Å²) >= 11 is 6.34. The monoisotopic (exact) mass is 427 g/mol. The third-order valence-electron chi connectivity index (χ3n) is 5.38. The van der Waals surface area contributed by atoms with E-state index in [4.69, 9.17) is 11.6 Å². The lowest BCUT2D eigenvalue weighted by atomic mass is 9.97. The maximum atomic E-state index is 12.9. The molecular formula is C24H30ClN3O2. The standard InChI is InChI=1S/C24H30ClN3O2/c1-16(2)26-23(29)20-15-19(9-10-21(20)28-13-11-17(3)12-14-28)27-24(30)22(25)18-7-5-4-6-8-18/h4-10,15-17,22H,11-14H2,1-3H3,(H,26,29)(H,27,30)/t22-/m0/s1. The van der Waals surface area contributed by atoms with Crippen LogP contribution in [0.4, 0.5) is 11.4 Å². The molecule has 30 heavy (non-hydrogen) atoms. The van der Waals surface area contributed by atoms with Gasteiger partial charge < -0.3 is 15.5 Å². The molecule has 6 heteroatoms. The first-order valence-electron chi connectivity index (χ1n) is 10.5. The van der Waals surface area contributed by atoms with Gasteiger partial charge in [0.2, 0.25) is 5.91 Å². The zero-order chi connectivity index (χ0) is 21.7. The molecule has 2 amide bonds. The molecule has 0 aliphatic carbocycles. The molecule has 2 aromatic carbocycles. The van der Waals surface area contributed by atoms with Crippen molar-refractivity contribution >= 4 is 34.8 Å². The highest BCUT2D eigenvalue weighted by Gasteiger charge is 2.23. The Balaban J connectivity index is 1.83. The number of hydrogen-bond donors (Lipinski definition) is 2. The number of hydrogen-bond acceptors (Lipinski definition) is 3. The normalized spacial score (nSPS) is 15.7. The Bertz CT molecular complexity index is 877. The Kier molecular flexibility index (Phi) is 7.38. The topological polar surface area (TPSA) is 61.4 Å². The molecule has 2 N–H and O–H groups in total. The van der Waals surface area contributed by atoms with E-state index in [9.17, 15) is 9.59 Å². The third-order valence-corrected chi connectivity index (χ3v) is 5.83. The van der Waals surface area contributed by atoms with Crippen molar-refractivity contribution in [3.8, 4) is 0 Å². The van der Waals surface area contributed by atoms with Crippen molar-refractivity contribution in [2.75, 3.05) is 23.3 Å². The molecule has 5 nitrogen and oxygen atoms in total. The van der Waals surface area contributed by atoms with Crippen LogP contribution in [0.5, 0.6) is 0 Å². The number of piperidine rings is 1. The van der Waals surface area contributed by atoms with E-state index in [1.165, 1.54) is 0 Å². The molecule has 1 saturated heterocycles. The summed E-state index contributed by atoms with van der Waals surface area (Å²) in [6.07, 6.45) is 2.21. The number of alkyl halides is 1. The van der Waals surface area contributed by atoms with Crippen LogP contribution >= 0.6 is 11.6 Å². The second-order valence-corrected chi connectivity index (χ2v) is 8.73. The number of amides is 2. The smallest absolute Gasteiger partial charge is 0.253 e. The molecule has 1 aliphatic heterocycles. The van der Waals surface area contributed by atoms with Gasteiger partial charge in [0.25, 0.3) is 5.91 Å². The Morgan fingerprint density at radius 2 is 1.73 bits per heavy atom. The highest BCUT2D eigenvalue weighted by Crippen LogP contribution is 2.30. The zero-order valence-corrected chi connectivity index (χ0v) is 18.6. The number of carbonyl (C=O) groups is 2. The molecule has 1 atom stereocenters. The first-order chi connectivity index (χ1) is 14.3. The van der Waals surface area contributed by atoms with Gasteiger partial charge in [0.15, 0.2) is 0 Å². The van der Waals surface area contributed by atoms with Gasteiger partial charge in [-0.2, -0.15) is 0 Å². The summed E-state index contributed by atoms with van der Waals surface area (Å²) in [5, 5.41) is 5.03. The number of benzene rings is 2. The van der Waals surface area contributed by atoms with Crippen molar-refractivity contribution in [3.05, 3.63) is 59.7 Å². The molecular weight excluding hydrogens is 398 g/mol. The predicted octanol–water partition coefficient (Wildman–Crippen LogP) is 4.98. The number of rotatable bonds is 6. The van der Waals surface area contributed by atoms with E-state index in [0.717, 1.165) is 37.2 Å². The summed E-state index contributed by atoms with van der Waals surface area (Å²) in [5.74, 6) is 0.240. The van der Waals surface area contributed by atoms with E-state index in [0.29, 0.717) is 17.2 Å². The third kappa shape index (κ3) is 5.54. The summed E-state index contributed by atoms with van der Waals surface area (Å²) in [6, 6.07) is 14.7. The zero-order valence-electron chi connectivity index (χ0n) is 17.8. The number of carbonyl (C=O) groups excluding carboxylic acids is 2. The van der Waals surface area contributed by atoms with Gasteiger partial charge in [-0.25, -0.2) is 0 Å². The molecule has 0 radical (unpaired) electrons. The van der Waals surface area contributed by atoms with Crippen LogP contribution in [0.1, 0.15) is 54.9 Å². The van der Waals surface area contributed by atoms with E-state index < -0.39 is 5.38 Å². The van der Waals surface area contributed by atoms with Gasteiger partial charge in [-0.15, -0.1) is 11.6 Å². The molecule has 160 valence electrons. The van der Waals surface area contributed by atoms with Crippen molar-refractivity contribution in [2.24, 2.45) is 5.92 Å². The first-order valence-corrected chi connectivity index (χ1v) is 11.0. The largest absolute Gasteiger partial charge is 0.371 e. The highest BCUT2D eigenvalue weighted by atomic mass is 35.5. The van der Waals surface area contributed by atoms with Crippen LogP contribution in [0.3, 0.4) is 0 Å². The van der Waals surface area contributed by atoms with Crippen LogP contribution in [0.15, 0.2) is 48.5 Å². The summed E-state index contributed by atoms with van der Waals surface area (Å²) in [6.45, 7) is 7.98. The molecule has 0 spiro atoms. The van der Waals surface area contributed by atoms with Crippen LogP contribution in [0.2, 0.25) is 0 Å². The van der Waals surface area contributed by atoms with Crippen LogP contribution < -0.4 is 15.5 Å². The van der Waals surface area contributed by atoms with Gasteiger partial charge in [0, 0.05) is 30.5 Å². The fourth-order valence-corrected chi connectivity index (χ4v) is 3.84. The second kappa shape index (κ2) is 9.98. The average molecular weight is 428 g/mol. The average Bonchev–Trinajstić information content (AvgIpc) is 2.74. The lowest BCUT2D eigenvalue weighted by molar-refractivity contribution is -0.116. The molecule has 0 saturated carbocycles. The molecule has 2 aromatic rings. The van der Waals surface area contributed by atoms with E-state index in [-0.39, 0.29) is 17.9 Å².